The Hall–Kier alpha value is -2.78. The third kappa shape index (κ3) is 9.35. The molecule has 8 nitrogen and oxygen atoms in total. The van der Waals surface area contributed by atoms with Crippen LogP contribution < -0.4 is 14.8 Å². The summed E-state index contributed by atoms with van der Waals surface area (Å²) in [5.74, 6) is 1.36. The van der Waals surface area contributed by atoms with Crippen molar-refractivity contribution in [3.63, 3.8) is 0 Å². The van der Waals surface area contributed by atoms with Gasteiger partial charge in [-0.15, -0.1) is 0 Å². The van der Waals surface area contributed by atoms with E-state index in [-0.39, 0.29) is 12.1 Å². The average molecular weight is 517 g/mol. The number of anilines is 1. The number of carbonyl (C=O) groups is 1. The summed E-state index contributed by atoms with van der Waals surface area (Å²) in [6, 6.07) is 15.2. The van der Waals surface area contributed by atoms with Crippen molar-refractivity contribution in [2.24, 2.45) is 0 Å². The van der Waals surface area contributed by atoms with Crippen LogP contribution in [-0.4, -0.2) is 62.7 Å². The van der Waals surface area contributed by atoms with E-state index in [0.717, 1.165) is 76.8 Å². The largest absolute Gasteiger partial charge is 0.457 e. The van der Waals surface area contributed by atoms with E-state index in [1.165, 1.54) is 5.56 Å². The van der Waals surface area contributed by atoms with Crippen LogP contribution in [-0.2, 0) is 16.6 Å². The number of rotatable bonds is 12. The minimum Gasteiger partial charge on any atom is -0.457 e. The lowest BCUT2D eigenvalue weighted by molar-refractivity contribution is 0.168. The molecule has 2 aromatic carbocycles. The van der Waals surface area contributed by atoms with Crippen molar-refractivity contribution in [3.8, 4) is 11.5 Å². The molecular weight excluding hydrogens is 476 g/mol. The molecule has 1 aliphatic rings. The van der Waals surface area contributed by atoms with Gasteiger partial charge in [0, 0.05) is 44.5 Å². The lowest BCUT2D eigenvalue weighted by atomic mass is 10.0. The van der Waals surface area contributed by atoms with Crippen LogP contribution in [0.15, 0.2) is 48.5 Å². The Balaban J connectivity index is 1.43. The molecule has 9 heteroatoms. The molecule has 2 aromatic rings. The number of hydrogen-bond acceptors (Lipinski definition) is 5. The quantitative estimate of drug-likeness (QED) is 0.413. The highest BCUT2D eigenvalue weighted by molar-refractivity contribution is 7.92. The van der Waals surface area contributed by atoms with Gasteiger partial charge in [-0.2, -0.15) is 0 Å². The minimum atomic E-state index is -3.30. The van der Waals surface area contributed by atoms with Crippen LogP contribution in [0.4, 0.5) is 10.5 Å². The molecule has 198 valence electrons. The van der Waals surface area contributed by atoms with E-state index in [1.54, 1.807) is 24.3 Å². The van der Waals surface area contributed by atoms with Gasteiger partial charge in [0.15, 0.2) is 0 Å². The monoisotopic (exact) mass is 516 g/mol. The van der Waals surface area contributed by atoms with Crippen molar-refractivity contribution in [1.29, 1.82) is 0 Å². The first-order valence-electron chi connectivity index (χ1n) is 12.9. The number of amides is 2. The second-order valence-electron chi connectivity index (χ2n) is 9.49. The van der Waals surface area contributed by atoms with Crippen LogP contribution in [0.25, 0.3) is 0 Å². The normalized spacial score (nSPS) is 14.9. The topological polar surface area (TPSA) is 91.0 Å². The number of urea groups is 1. The van der Waals surface area contributed by atoms with Crippen molar-refractivity contribution in [3.05, 3.63) is 54.1 Å². The molecular formula is C27H40N4O4S. The van der Waals surface area contributed by atoms with Crippen molar-refractivity contribution in [2.75, 3.05) is 37.2 Å². The fourth-order valence-electron chi connectivity index (χ4n) is 4.30. The maximum Gasteiger partial charge on any atom is 0.317 e. The number of likely N-dealkylation sites (tertiary alicyclic amines) is 1. The second kappa shape index (κ2) is 13.5. The number of benzene rings is 2. The summed E-state index contributed by atoms with van der Waals surface area (Å²) in [5.41, 5.74) is 1.71. The van der Waals surface area contributed by atoms with Gasteiger partial charge in [0.05, 0.1) is 6.26 Å². The van der Waals surface area contributed by atoms with Crippen LogP contribution in [0.3, 0.4) is 0 Å². The van der Waals surface area contributed by atoms with E-state index in [0.29, 0.717) is 11.4 Å². The molecule has 0 bridgehead atoms. The van der Waals surface area contributed by atoms with Crippen LogP contribution in [0, 0.1) is 0 Å². The predicted molar refractivity (Wildman–Crippen MR) is 145 cm³/mol. The number of hydrogen-bond donors (Lipinski definition) is 2. The molecule has 0 saturated carbocycles. The van der Waals surface area contributed by atoms with Gasteiger partial charge in [-0.05, 0) is 67.6 Å². The van der Waals surface area contributed by atoms with Crippen LogP contribution in [0.2, 0.25) is 0 Å². The zero-order valence-electron chi connectivity index (χ0n) is 21.7. The highest BCUT2D eigenvalue weighted by Gasteiger charge is 2.22. The predicted octanol–water partition coefficient (Wildman–Crippen LogP) is 5.04. The van der Waals surface area contributed by atoms with Gasteiger partial charge in [-0.25, -0.2) is 13.2 Å². The van der Waals surface area contributed by atoms with Crippen LogP contribution in [0.5, 0.6) is 11.5 Å². The van der Waals surface area contributed by atoms with Crippen molar-refractivity contribution in [1.82, 2.24) is 15.1 Å². The van der Waals surface area contributed by atoms with E-state index in [9.17, 15) is 13.2 Å². The molecule has 1 heterocycles. The smallest absolute Gasteiger partial charge is 0.317 e. The van der Waals surface area contributed by atoms with Gasteiger partial charge in [0.1, 0.15) is 11.5 Å². The molecule has 1 aliphatic heterocycles. The lowest BCUT2D eigenvalue weighted by Crippen LogP contribution is -2.49. The molecule has 36 heavy (non-hydrogen) atoms. The van der Waals surface area contributed by atoms with Gasteiger partial charge in [0.2, 0.25) is 10.0 Å². The van der Waals surface area contributed by atoms with Crippen LogP contribution in [0.1, 0.15) is 51.5 Å². The number of carbonyl (C=O) groups excluding carboxylic acids is 1. The van der Waals surface area contributed by atoms with Gasteiger partial charge in [-0.1, -0.05) is 32.4 Å². The van der Waals surface area contributed by atoms with Crippen molar-refractivity contribution >= 4 is 21.7 Å². The summed E-state index contributed by atoms with van der Waals surface area (Å²) in [6.07, 6.45) is 6.17. The first-order chi connectivity index (χ1) is 17.3. The summed E-state index contributed by atoms with van der Waals surface area (Å²) >= 11 is 0. The van der Waals surface area contributed by atoms with Gasteiger partial charge >= 0.3 is 6.03 Å². The molecule has 0 aliphatic carbocycles. The number of piperidine rings is 1. The maximum absolute atomic E-state index is 12.7. The fourth-order valence-corrected chi connectivity index (χ4v) is 4.86. The molecule has 3 rings (SSSR count). The Labute approximate surface area is 216 Å². The summed E-state index contributed by atoms with van der Waals surface area (Å²) in [4.78, 5) is 17.1. The summed E-state index contributed by atoms with van der Waals surface area (Å²) in [5, 5.41) is 3.25. The summed E-state index contributed by atoms with van der Waals surface area (Å²) in [7, 11) is -3.30. The molecule has 0 radical (unpaired) electrons. The number of nitrogens with one attached hydrogen (secondary N) is 2. The van der Waals surface area contributed by atoms with E-state index >= 15 is 0 Å². The molecule has 0 atom stereocenters. The van der Waals surface area contributed by atoms with Gasteiger partial charge in [0.25, 0.3) is 0 Å². The highest BCUT2D eigenvalue weighted by Crippen LogP contribution is 2.24. The van der Waals surface area contributed by atoms with Crippen molar-refractivity contribution in [2.45, 2.75) is 58.5 Å². The average Bonchev–Trinajstić information content (AvgIpc) is 2.84. The summed E-state index contributed by atoms with van der Waals surface area (Å²) in [6.45, 7) is 8.70. The molecule has 1 fully saturated rings. The molecule has 2 N–H and O–H groups in total. The standard InChI is InChI=1S/C27H40N4O4S/c1-4-6-18-31(17-5-2)27(32)28-23-15-19-30(20-16-23)21-22-7-11-25(12-8-22)35-26-13-9-24(10-14-26)29-36(3,33)34/h7-14,23,29H,4-6,15-21H2,1-3H3,(H,28,32). The zero-order valence-corrected chi connectivity index (χ0v) is 22.5. The van der Waals surface area contributed by atoms with E-state index in [1.807, 2.05) is 17.0 Å². The first kappa shape index (κ1) is 27.8. The Kier molecular flexibility index (Phi) is 10.4. The lowest BCUT2D eigenvalue weighted by Gasteiger charge is -2.34. The Morgan fingerprint density at radius 3 is 2.14 bits per heavy atom. The first-order valence-corrected chi connectivity index (χ1v) is 14.8. The fraction of sp³-hybridized carbons (Fsp3) is 0.519. The van der Waals surface area contributed by atoms with Crippen molar-refractivity contribution < 1.29 is 17.9 Å². The minimum absolute atomic E-state index is 0.0839. The Bertz CT molecular complexity index is 1050. The third-order valence-corrected chi connectivity index (χ3v) is 6.81. The van der Waals surface area contributed by atoms with Gasteiger partial charge in [-0.3, -0.25) is 9.62 Å². The number of ether oxygens (including phenoxy) is 1. The SMILES string of the molecule is CCCCN(CCC)C(=O)NC1CCN(Cc2ccc(Oc3ccc(NS(C)(=O)=O)cc3)cc2)CC1. The summed E-state index contributed by atoms with van der Waals surface area (Å²) < 4.78 is 31.0. The van der Waals surface area contributed by atoms with E-state index in [4.69, 9.17) is 4.74 Å². The molecule has 0 spiro atoms. The van der Waals surface area contributed by atoms with E-state index < -0.39 is 10.0 Å². The Morgan fingerprint density at radius 2 is 1.58 bits per heavy atom. The molecule has 1 saturated heterocycles. The Morgan fingerprint density at radius 1 is 0.972 bits per heavy atom. The molecule has 0 unspecified atom stereocenters. The van der Waals surface area contributed by atoms with Gasteiger partial charge < -0.3 is 15.0 Å². The third-order valence-electron chi connectivity index (χ3n) is 6.20. The molecule has 2 amide bonds. The number of unbranched alkanes of at least 4 members (excludes halogenated alkanes) is 1. The van der Waals surface area contributed by atoms with Crippen LogP contribution >= 0.6 is 0 Å². The highest BCUT2D eigenvalue weighted by atomic mass is 32.2. The maximum atomic E-state index is 12.7. The molecule has 0 aromatic heterocycles. The number of sulfonamides is 1. The number of nitrogens with zero attached hydrogens (tertiary/aromatic N) is 2. The zero-order chi connectivity index (χ0) is 26.0. The van der Waals surface area contributed by atoms with E-state index in [2.05, 4.69) is 40.9 Å². The second-order valence-corrected chi connectivity index (χ2v) is 11.2.